The van der Waals surface area contributed by atoms with E-state index in [1.807, 2.05) is 6.07 Å². The third kappa shape index (κ3) is 3.58. The molecule has 0 saturated carbocycles. The Balaban J connectivity index is 2.43. The summed E-state index contributed by atoms with van der Waals surface area (Å²) in [6.07, 6.45) is 1.10. The van der Waals surface area contributed by atoms with Crippen molar-refractivity contribution >= 4 is 27.5 Å². The number of nitrogens with zero attached hydrogens (tertiary/aromatic N) is 2. The van der Waals surface area contributed by atoms with E-state index in [0.717, 1.165) is 11.8 Å². The number of nitrogen functional groups attached to an aromatic ring is 1. The van der Waals surface area contributed by atoms with E-state index < -0.39 is 10.0 Å². The first kappa shape index (κ1) is 14.1. The summed E-state index contributed by atoms with van der Waals surface area (Å²) in [5.74, 6) is 0.738. The third-order valence-corrected chi connectivity index (χ3v) is 3.07. The molecule has 106 valence electrons. The van der Waals surface area contributed by atoms with E-state index in [1.54, 1.807) is 31.3 Å². The fourth-order valence-electron chi connectivity index (χ4n) is 1.70. The molecule has 0 fully saturated rings. The number of benzene rings is 1. The molecule has 0 amide bonds. The summed E-state index contributed by atoms with van der Waals surface area (Å²) in [5, 5.41) is 2.89. The maximum Gasteiger partial charge on any atom is 0.229 e. The van der Waals surface area contributed by atoms with Crippen LogP contribution in [0.1, 0.15) is 0 Å². The molecule has 0 saturated heterocycles. The van der Waals surface area contributed by atoms with E-state index in [2.05, 4.69) is 20.0 Å². The van der Waals surface area contributed by atoms with Gasteiger partial charge in [-0.05, 0) is 12.1 Å². The van der Waals surface area contributed by atoms with E-state index in [-0.39, 0.29) is 5.95 Å². The molecule has 0 aliphatic heterocycles. The van der Waals surface area contributed by atoms with Gasteiger partial charge in [-0.3, -0.25) is 4.72 Å². The lowest BCUT2D eigenvalue weighted by Crippen LogP contribution is -2.09. The van der Waals surface area contributed by atoms with Crippen LogP contribution < -0.4 is 15.8 Å². The molecule has 0 atom stereocenters. The zero-order valence-corrected chi connectivity index (χ0v) is 11.9. The Morgan fingerprint density at radius 2 is 1.95 bits per heavy atom. The summed E-state index contributed by atoms with van der Waals surface area (Å²) in [4.78, 5) is 8.14. The van der Waals surface area contributed by atoms with Gasteiger partial charge in [0.25, 0.3) is 0 Å². The molecular formula is C12H15N5O2S. The number of anilines is 3. The molecule has 0 bridgehead atoms. The second kappa shape index (κ2) is 5.33. The lowest BCUT2D eigenvalue weighted by Gasteiger charge is -2.08. The average molecular weight is 293 g/mol. The summed E-state index contributed by atoms with van der Waals surface area (Å²) < 4.78 is 24.9. The van der Waals surface area contributed by atoms with Crippen molar-refractivity contribution < 1.29 is 8.42 Å². The van der Waals surface area contributed by atoms with Gasteiger partial charge < -0.3 is 11.1 Å². The SMILES string of the molecule is CNc1cc(-c2cccc(NS(C)(=O)=O)c2)nc(N)n1. The number of hydrogen-bond acceptors (Lipinski definition) is 6. The zero-order valence-electron chi connectivity index (χ0n) is 11.1. The van der Waals surface area contributed by atoms with Gasteiger partial charge in [0.2, 0.25) is 16.0 Å². The largest absolute Gasteiger partial charge is 0.373 e. The highest BCUT2D eigenvalue weighted by atomic mass is 32.2. The monoisotopic (exact) mass is 293 g/mol. The van der Waals surface area contributed by atoms with Crippen LogP contribution in [0.15, 0.2) is 30.3 Å². The number of nitrogens with one attached hydrogen (secondary N) is 2. The topological polar surface area (TPSA) is 110 Å². The van der Waals surface area contributed by atoms with Crippen LogP contribution in [0.2, 0.25) is 0 Å². The van der Waals surface area contributed by atoms with Crippen LogP contribution in [0.25, 0.3) is 11.3 Å². The van der Waals surface area contributed by atoms with Gasteiger partial charge in [-0.2, -0.15) is 4.98 Å². The molecule has 7 nitrogen and oxygen atoms in total. The van der Waals surface area contributed by atoms with Gasteiger partial charge in [0, 0.05) is 24.4 Å². The molecule has 1 aromatic heterocycles. The highest BCUT2D eigenvalue weighted by molar-refractivity contribution is 7.92. The minimum Gasteiger partial charge on any atom is -0.373 e. The maximum atomic E-state index is 11.2. The van der Waals surface area contributed by atoms with E-state index in [1.165, 1.54) is 0 Å². The number of hydrogen-bond donors (Lipinski definition) is 3. The molecule has 4 N–H and O–H groups in total. The van der Waals surface area contributed by atoms with Crippen molar-refractivity contribution in [2.24, 2.45) is 0 Å². The quantitative estimate of drug-likeness (QED) is 0.779. The Morgan fingerprint density at radius 1 is 1.20 bits per heavy atom. The predicted octanol–water partition coefficient (Wildman–Crippen LogP) is 1.14. The molecule has 0 spiro atoms. The molecule has 0 radical (unpaired) electrons. The van der Waals surface area contributed by atoms with Gasteiger partial charge in [-0.1, -0.05) is 12.1 Å². The van der Waals surface area contributed by atoms with Gasteiger partial charge in [0.05, 0.1) is 11.9 Å². The fraction of sp³-hybridized carbons (Fsp3) is 0.167. The number of rotatable bonds is 4. The molecule has 2 rings (SSSR count). The van der Waals surface area contributed by atoms with Crippen LogP contribution in [0.4, 0.5) is 17.5 Å². The minimum atomic E-state index is -3.32. The average Bonchev–Trinajstić information content (AvgIpc) is 2.36. The summed E-state index contributed by atoms with van der Waals surface area (Å²) >= 11 is 0. The Bertz CT molecular complexity index is 730. The molecular weight excluding hydrogens is 278 g/mol. The zero-order chi connectivity index (χ0) is 14.8. The van der Waals surface area contributed by atoms with Gasteiger partial charge in [-0.25, -0.2) is 13.4 Å². The smallest absolute Gasteiger partial charge is 0.229 e. The van der Waals surface area contributed by atoms with Crippen molar-refractivity contribution in [3.05, 3.63) is 30.3 Å². The van der Waals surface area contributed by atoms with Crippen LogP contribution in [0, 0.1) is 0 Å². The van der Waals surface area contributed by atoms with Gasteiger partial charge in [0.1, 0.15) is 5.82 Å². The maximum absolute atomic E-state index is 11.2. The first-order chi connectivity index (χ1) is 9.37. The van der Waals surface area contributed by atoms with E-state index in [0.29, 0.717) is 17.2 Å². The van der Waals surface area contributed by atoms with Crippen molar-refractivity contribution in [1.82, 2.24) is 9.97 Å². The third-order valence-electron chi connectivity index (χ3n) is 2.46. The van der Waals surface area contributed by atoms with Crippen LogP contribution in [0.5, 0.6) is 0 Å². The second-order valence-corrected chi connectivity index (χ2v) is 5.95. The van der Waals surface area contributed by atoms with E-state index >= 15 is 0 Å². The molecule has 1 heterocycles. The Hall–Kier alpha value is -2.35. The van der Waals surface area contributed by atoms with Crippen LogP contribution in [0.3, 0.4) is 0 Å². The molecule has 0 aliphatic rings. The van der Waals surface area contributed by atoms with Crippen molar-refractivity contribution in [1.29, 1.82) is 0 Å². The summed E-state index contributed by atoms with van der Waals surface area (Å²) in [6, 6.07) is 8.63. The Kier molecular flexibility index (Phi) is 3.75. The second-order valence-electron chi connectivity index (χ2n) is 4.20. The van der Waals surface area contributed by atoms with Crippen molar-refractivity contribution in [3.63, 3.8) is 0 Å². The van der Waals surface area contributed by atoms with E-state index in [9.17, 15) is 8.42 Å². The highest BCUT2D eigenvalue weighted by Gasteiger charge is 2.07. The number of sulfonamides is 1. The van der Waals surface area contributed by atoms with Crippen molar-refractivity contribution in [2.45, 2.75) is 0 Å². The number of nitrogens with two attached hydrogens (primary N) is 1. The lowest BCUT2D eigenvalue weighted by molar-refractivity contribution is 0.607. The summed E-state index contributed by atoms with van der Waals surface area (Å²) in [5.41, 5.74) is 7.45. The molecule has 0 unspecified atom stereocenters. The first-order valence-electron chi connectivity index (χ1n) is 5.78. The molecule has 0 aliphatic carbocycles. The normalized spacial score (nSPS) is 11.1. The predicted molar refractivity (Wildman–Crippen MR) is 79.9 cm³/mol. The highest BCUT2D eigenvalue weighted by Crippen LogP contribution is 2.23. The summed E-state index contributed by atoms with van der Waals surface area (Å²) in [7, 11) is -1.59. The fourth-order valence-corrected chi connectivity index (χ4v) is 2.25. The first-order valence-corrected chi connectivity index (χ1v) is 7.67. The number of aromatic nitrogens is 2. The standard InChI is InChI=1S/C12H15N5O2S/c1-14-11-7-10(15-12(13)16-11)8-4-3-5-9(6-8)17-20(2,18)19/h3-7,17H,1-2H3,(H3,13,14,15,16). The van der Waals surface area contributed by atoms with Crippen molar-refractivity contribution in [2.75, 3.05) is 29.1 Å². The molecule has 2 aromatic rings. The Labute approximate surface area is 117 Å². The molecule has 1 aromatic carbocycles. The van der Waals surface area contributed by atoms with Crippen molar-refractivity contribution in [3.8, 4) is 11.3 Å². The van der Waals surface area contributed by atoms with Crippen LogP contribution >= 0.6 is 0 Å². The van der Waals surface area contributed by atoms with Gasteiger partial charge in [0.15, 0.2) is 0 Å². The van der Waals surface area contributed by atoms with E-state index in [4.69, 9.17) is 5.73 Å². The summed E-state index contributed by atoms with van der Waals surface area (Å²) in [6.45, 7) is 0. The lowest BCUT2D eigenvalue weighted by atomic mass is 10.1. The minimum absolute atomic E-state index is 0.147. The van der Waals surface area contributed by atoms with Crippen LogP contribution in [-0.4, -0.2) is 31.7 Å². The molecule has 8 heteroatoms. The molecule has 20 heavy (non-hydrogen) atoms. The van der Waals surface area contributed by atoms with Gasteiger partial charge in [-0.15, -0.1) is 0 Å². The van der Waals surface area contributed by atoms with Gasteiger partial charge >= 0.3 is 0 Å². The van der Waals surface area contributed by atoms with Crippen LogP contribution in [-0.2, 0) is 10.0 Å². The Morgan fingerprint density at radius 3 is 2.60 bits per heavy atom.